The molecule has 5 nitrogen and oxygen atoms in total. The Labute approximate surface area is 180 Å². The predicted octanol–water partition coefficient (Wildman–Crippen LogP) is 5.53. The van der Waals surface area contributed by atoms with Gasteiger partial charge in [0.05, 0.1) is 6.61 Å². The first-order valence-electron chi connectivity index (χ1n) is 9.74. The highest BCUT2D eigenvalue weighted by Crippen LogP contribution is 2.36. The number of hydrogen-bond donors (Lipinski definition) is 1. The maximum absolute atomic E-state index is 12.6. The fourth-order valence-corrected chi connectivity index (χ4v) is 4.10. The number of carbonyl (C=O) groups excluding carboxylic acids is 2. The van der Waals surface area contributed by atoms with Crippen molar-refractivity contribution in [2.45, 2.75) is 27.7 Å². The van der Waals surface area contributed by atoms with Crippen molar-refractivity contribution in [1.82, 2.24) is 0 Å². The molecule has 30 heavy (non-hydrogen) atoms. The molecule has 1 aromatic heterocycles. The van der Waals surface area contributed by atoms with E-state index in [1.807, 2.05) is 68.6 Å². The van der Waals surface area contributed by atoms with E-state index in [1.165, 1.54) is 11.3 Å². The number of hydrogen-bond acceptors (Lipinski definition) is 5. The van der Waals surface area contributed by atoms with Gasteiger partial charge < -0.3 is 14.8 Å². The molecule has 0 radical (unpaired) electrons. The second-order valence-electron chi connectivity index (χ2n) is 7.10. The van der Waals surface area contributed by atoms with Gasteiger partial charge in [-0.25, -0.2) is 4.79 Å². The fraction of sp³-hybridized carbons (Fsp3) is 0.250. The van der Waals surface area contributed by atoms with E-state index >= 15 is 0 Å². The molecule has 0 saturated heterocycles. The lowest BCUT2D eigenvalue weighted by molar-refractivity contribution is -0.118. The van der Waals surface area contributed by atoms with Crippen molar-refractivity contribution in [3.8, 4) is 16.9 Å². The summed E-state index contributed by atoms with van der Waals surface area (Å²) in [5, 5.41) is 5.12. The van der Waals surface area contributed by atoms with Gasteiger partial charge in [-0.2, -0.15) is 0 Å². The van der Waals surface area contributed by atoms with Crippen molar-refractivity contribution < 1.29 is 19.1 Å². The number of rotatable bonds is 7. The molecule has 1 heterocycles. The number of anilines is 1. The molecule has 0 saturated carbocycles. The highest BCUT2D eigenvalue weighted by Gasteiger charge is 2.23. The Kier molecular flexibility index (Phi) is 6.90. The number of carbonyl (C=O) groups is 2. The summed E-state index contributed by atoms with van der Waals surface area (Å²) in [7, 11) is 0. The quantitative estimate of drug-likeness (QED) is 0.507. The Hall–Kier alpha value is -3.12. The normalized spacial score (nSPS) is 10.5. The molecule has 0 unspecified atom stereocenters. The van der Waals surface area contributed by atoms with E-state index in [0.29, 0.717) is 16.3 Å². The van der Waals surface area contributed by atoms with Crippen LogP contribution in [0.2, 0.25) is 0 Å². The van der Waals surface area contributed by atoms with Gasteiger partial charge in [0.25, 0.3) is 5.91 Å². The van der Waals surface area contributed by atoms with Gasteiger partial charge >= 0.3 is 5.97 Å². The Balaban J connectivity index is 1.79. The van der Waals surface area contributed by atoms with E-state index in [0.717, 1.165) is 27.8 Å². The van der Waals surface area contributed by atoms with E-state index in [4.69, 9.17) is 9.47 Å². The van der Waals surface area contributed by atoms with Gasteiger partial charge in [0.15, 0.2) is 6.61 Å². The van der Waals surface area contributed by atoms with Gasteiger partial charge in [0, 0.05) is 10.9 Å². The van der Waals surface area contributed by atoms with Crippen molar-refractivity contribution in [1.29, 1.82) is 0 Å². The van der Waals surface area contributed by atoms with Crippen LogP contribution in [0.1, 0.15) is 34.0 Å². The maximum atomic E-state index is 12.6. The van der Waals surface area contributed by atoms with E-state index < -0.39 is 5.97 Å². The minimum Gasteiger partial charge on any atom is -0.484 e. The molecule has 0 spiro atoms. The monoisotopic (exact) mass is 423 g/mol. The Morgan fingerprint density at radius 1 is 0.967 bits per heavy atom. The zero-order valence-electron chi connectivity index (χ0n) is 17.6. The molecule has 156 valence electrons. The van der Waals surface area contributed by atoms with Gasteiger partial charge in [-0.3, -0.25) is 4.79 Å². The summed E-state index contributed by atoms with van der Waals surface area (Å²) in [5.41, 5.74) is 5.26. The molecule has 1 amide bonds. The molecule has 6 heteroatoms. The minimum absolute atomic E-state index is 0.150. The number of nitrogens with one attached hydrogen (secondary N) is 1. The molecule has 2 aromatic carbocycles. The Bertz CT molecular complexity index is 1030. The topological polar surface area (TPSA) is 64.6 Å². The molecule has 0 aliphatic carbocycles. The average Bonchev–Trinajstić information content (AvgIpc) is 3.10. The summed E-state index contributed by atoms with van der Waals surface area (Å²) >= 11 is 1.30. The largest absolute Gasteiger partial charge is 0.484 e. The number of esters is 1. The summed E-state index contributed by atoms with van der Waals surface area (Å²) in [6.45, 7) is 7.82. The molecule has 3 aromatic rings. The van der Waals surface area contributed by atoms with Crippen LogP contribution in [-0.4, -0.2) is 25.1 Å². The first-order chi connectivity index (χ1) is 14.4. The molecule has 0 atom stereocenters. The van der Waals surface area contributed by atoms with Crippen LogP contribution in [0.3, 0.4) is 0 Å². The Morgan fingerprint density at radius 3 is 2.27 bits per heavy atom. The van der Waals surface area contributed by atoms with Crippen LogP contribution in [0.5, 0.6) is 5.75 Å². The van der Waals surface area contributed by atoms with E-state index in [2.05, 4.69) is 5.32 Å². The van der Waals surface area contributed by atoms with E-state index in [9.17, 15) is 9.59 Å². The summed E-state index contributed by atoms with van der Waals surface area (Å²) < 4.78 is 10.9. The fourth-order valence-electron chi connectivity index (χ4n) is 3.13. The van der Waals surface area contributed by atoms with Crippen LogP contribution in [0.15, 0.2) is 47.8 Å². The van der Waals surface area contributed by atoms with E-state index in [-0.39, 0.29) is 19.1 Å². The molecule has 0 aliphatic heterocycles. The van der Waals surface area contributed by atoms with Gasteiger partial charge in [-0.15, -0.1) is 11.3 Å². The highest BCUT2D eigenvalue weighted by molar-refractivity contribution is 7.15. The van der Waals surface area contributed by atoms with Crippen LogP contribution in [0, 0.1) is 20.8 Å². The first-order valence-corrected chi connectivity index (χ1v) is 10.6. The van der Waals surface area contributed by atoms with Crippen LogP contribution in [0.25, 0.3) is 11.1 Å². The second-order valence-corrected chi connectivity index (χ2v) is 7.98. The molecule has 1 N–H and O–H groups in total. The molecular formula is C24H25NO4S. The lowest BCUT2D eigenvalue weighted by Gasteiger charge is -2.10. The van der Waals surface area contributed by atoms with Crippen molar-refractivity contribution in [3.05, 3.63) is 70.1 Å². The average molecular weight is 424 g/mol. The lowest BCUT2D eigenvalue weighted by atomic mass is 10.0. The number of thiophene rings is 1. The minimum atomic E-state index is -0.458. The number of amides is 1. The van der Waals surface area contributed by atoms with Crippen molar-refractivity contribution in [3.63, 3.8) is 0 Å². The third-order valence-electron chi connectivity index (χ3n) is 4.45. The lowest BCUT2D eigenvalue weighted by Crippen LogP contribution is -2.21. The van der Waals surface area contributed by atoms with Crippen LogP contribution < -0.4 is 10.1 Å². The zero-order chi connectivity index (χ0) is 21.7. The van der Waals surface area contributed by atoms with Crippen molar-refractivity contribution in [2.24, 2.45) is 0 Å². The summed E-state index contributed by atoms with van der Waals surface area (Å²) in [5.74, 6) is -0.156. The number of benzene rings is 2. The molecule has 0 bridgehead atoms. The number of aryl methyl sites for hydroxylation is 3. The molecular weight excluding hydrogens is 398 g/mol. The highest BCUT2D eigenvalue weighted by atomic mass is 32.1. The standard InChI is InChI=1S/C24H25NO4S/c1-5-28-24(27)22-20(18-8-6-15(2)7-9-18)14-30-23(22)25-21(26)13-29-19-11-16(3)10-17(4)12-19/h6-12,14H,5,13H2,1-4H3,(H,25,26). The molecule has 0 aliphatic rings. The summed E-state index contributed by atoms with van der Waals surface area (Å²) in [6.07, 6.45) is 0. The second kappa shape index (κ2) is 9.59. The van der Waals surface area contributed by atoms with Crippen LogP contribution in [0.4, 0.5) is 5.00 Å². The maximum Gasteiger partial charge on any atom is 0.341 e. The van der Waals surface area contributed by atoms with Crippen molar-refractivity contribution in [2.75, 3.05) is 18.5 Å². The van der Waals surface area contributed by atoms with Crippen LogP contribution in [-0.2, 0) is 9.53 Å². The summed E-state index contributed by atoms with van der Waals surface area (Å²) in [4.78, 5) is 25.1. The smallest absolute Gasteiger partial charge is 0.341 e. The van der Waals surface area contributed by atoms with Crippen molar-refractivity contribution >= 4 is 28.2 Å². The number of ether oxygens (including phenoxy) is 2. The SMILES string of the molecule is CCOC(=O)c1c(-c2ccc(C)cc2)csc1NC(=O)COc1cc(C)cc(C)c1. The molecule has 3 rings (SSSR count). The molecule has 0 fully saturated rings. The van der Waals surface area contributed by atoms with Gasteiger partial charge in [-0.1, -0.05) is 35.9 Å². The van der Waals surface area contributed by atoms with Gasteiger partial charge in [-0.05, 0) is 56.5 Å². The Morgan fingerprint density at radius 2 is 1.63 bits per heavy atom. The van der Waals surface area contributed by atoms with Gasteiger partial charge in [0.2, 0.25) is 0 Å². The van der Waals surface area contributed by atoms with Gasteiger partial charge in [0.1, 0.15) is 16.3 Å². The van der Waals surface area contributed by atoms with E-state index in [1.54, 1.807) is 6.92 Å². The third-order valence-corrected chi connectivity index (χ3v) is 5.35. The zero-order valence-corrected chi connectivity index (χ0v) is 18.4. The van der Waals surface area contributed by atoms with Crippen LogP contribution >= 0.6 is 11.3 Å². The first kappa shape index (κ1) is 21.6. The predicted molar refractivity (Wildman–Crippen MR) is 120 cm³/mol. The summed E-state index contributed by atoms with van der Waals surface area (Å²) in [6, 6.07) is 13.7. The third kappa shape index (κ3) is 5.27.